The van der Waals surface area contributed by atoms with Crippen LogP contribution in [-0.4, -0.2) is 16.1 Å². The maximum atomic E-state index is 4.38. The van der Waals surface area contributed by atoms with Crippen molar-refractivity contribution in [2.45, 2.75) is 64.5 Å². The fourth-order valence-electron chi connectivity index (χ4n) is 2.71. The number of hydrogen-bond acceptors (Lipinski definition) is 2. The van der Waals surface area contributed by atoms with Gasteiger partial charge in [0.25, 0.3) is 0 Å². The number of imidazole rings is 1. The first-order valence-corrected chi connectivity index (χ1v) is 6.97. The molecule has 0 aliphatic carbocycles. The molecule has 17 heavy (non-hydrogen) atoms. The van der Waals surface area contributed by atoms with E-state index in [0.29, 0.717) is 6.04 Å². The summed E-state index contributed by atoms with van der Waals surface area (Å²) < 4.78 is 2.40. The summed E-state index contributed by atoms with van der Waals surface area (Å²) >= 11 is 0. The highest BCUT2D eigenvalue weighted by Crippen LogP contribution is 2.31. The SMILES string of the molecule is CCC(C)(CC)n1cncc1C1CCCCN1. The Kier molecular flexibility index (Phi) is 3.87. The lowest BCUT2D eigenvalue weighted by Crippen LogP contribution is -2.34. The second-order valence-corrected chi connectivity index (χ2v) is 5.40. The van der Waals surface area contributed by atoms with Crippen LogP contribution >= 0.6 is 0 Å². The van der Waals surface area contributed by atoms with Gasteiger partial charge < -0.3 is 9.88 Å². The maximum Gasteiger partial charge on any atom is 0.0953 e. The number of piperidine rings is 1. The van der Waals surface area contributed by atoms with Crippen LogP contribution in [0.25, 0.3) is 0 Å². The standard InChI is InChI=1S/C14H25N3/c1-4-14(3,5-2)17-11-15-10-13(17)12-8-6-7-9-16-12/h10-12,16H,4-9H2,1-3H3. The molecular formula is C14H25N3. The van der Waals surface area contributed by atoms with E-state index < -0.39 is 0 Å². The molecule has 1 aromatic heterocycles. The van der Waals surface area contributed by atoms with Crippen LogP contribution in [0.5, 0.6) is 0 Å². The Morgan fingerprint density at radius 3 is 2.76 bits per heavy atom. The number of aromatic nitrogens is 2. The molecule has 0 saturated carbocycles. The monoisotopic (exact) mass is 235 g/mol. The molecule has 1 aromatic rings. The predicted octanol–water partition coefficient (Wildman–Crippen LogP) is 3.23. The summed E-state index contributed by atoms with van der Waals surface area (Å²) in [5, 5.41) is 3.62. The molecule has 1 unspecified atom stereocenters. The Hall–Kier alpha value is -0.830. The molecule has 1 aliphatic heterocycles. The van der Waals surface area contributed by atoms with E-state index in [2.05, 4.69) is 35.6 Å². The van der Waals surface area contributed by atoms with E-state index in [0.717, 1.165) is 19.4 Å². The van der Waals surface area contributed by atoms with Gasteiger partial charge in [-0.1, -0.05) is 20.3 Å². The molecule has 2 rings (SSSR count). The van der Waals surface area contributed by atoms with Gasteiger partial charge in [0.15, 0.2) is 0 Å². The first kappa shape index (κ1) is 12.6. The van der Waals surface area contributed by atoms with Crippen molar-refractivity contribution < 1.29 is 0 Å². The lowest BCUT2D eigenvalue weighted by Gasteiger charge is -2.34. The van der Waals surface area contributed by atoms with E-state index in [-0.39, 0.29) is 5.54 Å². The minimum absolute atomic E-state index is 0.213. The van der Waals surface area contributed by atoms with Crippen molar-refractivity contribution in [3.8, 4) is 0 Å². The topological polar surface area (TPSA) is 29.9 Å². The van der Waals surface area contributed by atoms with Gasteiger partial charge in [0, 0.05) is 17.8 Å². The molecular weight excluding hydrogens is 210 g/mol. The second kappa shape index (κ2) is 5.21. The summed E-state index contributed by atoms with van der Waals surface area (Å²) in [5.41, 5.74) is 1.58. The van der Waals surface area contributed by atoms with Crippen LogP contribution < -0.4 is 5.32 Å². The average Bonchev–Trinajstić information content (AvgIpc) is 2.88. The Balaban J connectivity index is 2.26. The Labute approximate surface area is 105 Å². The Bertz CT molecular complexity index is 346. The predicted molar refractivity (Wildman–Crippen MR) is 71.1 cm³/mol. The zero-order valence-electron chi connectivity index (χ0n) is 11.4. The third-order valence-corrected chi connectivity index (χ3v) is 4.44. The van der Waals surface area contributed by atoms with Gasteiger partial charge in [-0.3, -0.25) is 0 Å². The Morgan fingerprint density at radius 2 is 2.18 bits per heavy atom. The van der Waals surface area contributed by atoms with Crippen molar-refractivity contribution in [1.82, 2.24) is 14.9 Å². The summed E-state index contributed by atoms with van der Waals surface area (Å²) in [6, 6.07) is 0.503. The van der Waals surface area contributed by atoms with Crippen LogP contribution in [0.3, 0.4) is 0 Å². The van der Waals surface area contributed by atoms with Crippen LogP contribution in [0.15, 0.2) is 12.5 Å². The molecule has 1 atom stereocenters. The van der Waals surface area contributed by atoms with Gasteiger partial charge in [-0.15, -0.1) is 0 Å². The van der Waals surface area contributed by atoms with Crippen molar-refractivity contribution in [2.24, 2.45) is 0 Å². The first-order chi connectivity index (χ1) is 8.21. The van der Waals surface area contributed by atoms with Crippen molar-refractivity contribution in [1.29, 1.82) is 0 Å². The molecule has 1 N–H and O–H groups in total. The average molecular weight is 235 g/mol. The molecule has 2 heterocycles. The zero-order valence-corrected chi connectivity index (χ0v) is 11.4. The number of nitrogens with one attached hydrogen (secondary N) is 1. The van der Waals surface area contributed by atoms with Crippen LogP contribution in [0, 0.1) is 0 Å². The summed E-state index contributed by atoms with van der Waals surface area (Å²) in [6.45, 7) is 8.01. The first-order valence-electron chi connectivity index (χ1n) is 6.97. The van der Waals surface area contributed by atoms with Crippen molar-refractivity contribution in [3.05, 3.63) is 18.2 Å². The molecule has 0 amide bonds. The van der Waals surface area contributed by atoms with Gasteiger partial charge in [0.1, 0.15) is 0 Å². The maximum absolute atomic E-state index is 4.38. The van der Waals surface area contributed by atoms with Gasteiger partial charge >= 0.3 is 0 Å². The van der Waals surface area contributed by atoms with Crippen LogP contribution in [0.2, 0.25) is 0 Å². The van der Waals surface area contributed by atoms with E-state index in [1.54, 1.807) is 0 Å². The number of hydrogen-bond donors (Lipinski definition) is 1. The molecule has 0 aromatic carbocycles. The van der Waals surface area contributed by atoms with Crippen molar-refractivity contribution >= 4 is 0 Å². The minimum Gasteiger partial charge on any atom is -0.327 e. The van der Waals surface area contributed by atoms with E-state index in [1.165, 1.54) is 25.0 Å². The third-order valence-electron chi connectivity index (χ3n) is 4.44. The van der Waals surface area contributed by atoms with Gasteiger partial charge in [-0.2, -0.15) is 0 Å². The van der Waals surface area contributed by atoms with Crippen LogP contribution in [0.1, 0.15) is 64.6 Å². The smallest absolute Gasteiger partial charge is 0.0953 e. The molecule has 1 aliphatic rings. The summed E-state index contributed by atoms with van der Waals surface area (Å²) in [6.07, 6.45) is 10.3. The fourth-order valence-corrected chi connectivity index (χ4v) is 2.71. The molecule has 3 nitrogen and oxygen atoms in total. The highest BCUT2D eigenvalue weighted by atomic mass is 15.1. The lowest BCUT2D eigenvalue weighted by molar-refractivity contribution is 0.270. The molecule has 1 saturated heterocycles. The van der Waals surface area contributed by atoms with Gasteiger partial charge in [0.05, 0.1) is 12.0 Å². The number of nitrogens with zero attached hydrogens (tertiary/aromatic N) is 2. The molecule has 3 heteroatoms. The van der Waals surface area contributed by atoms with Crippen molar-refractivity contribution in [3.63, 3.8) is 0 Å². The van der Waals surface area contributed by atoms with E-state index in [4.69, 9.17) is 0 Å². The minimum atomic E-state index is 0.213. The summed E-state index contributed by atoms with van der Waals surface area (Å²) in [5.74, 6) is 0. The largest absolute Gasteiger partial charge is 0.327 e. The van der Waals surface area contributed by atoms with Crippen LogP contribution in [-0.2, 0) is 5.54 Å². The van der Waals surface area contributed by atoms with Gasteiger partial charge in [-0.05, 0) is 39.2 Å². The summed E-state index contributed by atoms with van der Waals surface area (Å²) in [7, 11) is 0. The second-order valence-electron chi connectivity index (χ2n) is 5.40. The van der Waals surface area contributed by atoms with Crippen LogP contribution in [0.4, 0.5) is 0 Å². The van der Waals surface area contributed by atoms with E-state index in [1.807, 2.05) is 12.5 Å². The quantitative estimate of drug-likeness (QED) is 0.868. The summed E-state index contributed by atoms with van der Waals surface area (Å²) in [4.78, 5) is 4.38. The number of rotatable bonds is 4. The van der Waals surface area contributed by atoms with Gasteiger partial charge in [-0.25, -0.2) is 4.98 Å². The zero-order chi connectivity index (χ0) is 12.3. The van der Waals surface area contributed by atoms with Gasteiger partial charge in [0.2, 0.25) is 0 Å². The Morgan fingerprint density at radius 1 is 1.41 bits per heavy atom. The molecule has 0 spiro atoms. The fraction of sp³-hybridized carbons (Fsp3) is 0.786. The molecule has 96 valence electrons. The van der Waals surface area contributed by atoms with E-state index in [9.17, 15) is 0 Å². The van der Waals surface area contributed by atoms with E-state index >= 15 is 0 Å². The highest BCUT2D eigenvalue weighted by Gasteiger charge is 2.27. The molecule has 0 bridgehead atoms. The highest BCUT2D eigenvalue weighted by molar-refractivity contribution is 5.09. The lowest BCUT2D eigenvalue weighted by atomic mass is 9.93. The molecule has 0 radical (unpaired) electrons. The normalized spacial score (nSPS) is 21.7. The third kappa shape index (κ3) is 2.39. The molecule has 1 fully saturated rings. The van der Waals surface area contributed by atoms with Crippen molar-refractivity contribution in [2.75, 3.05) is 6.54 Å².